The lowest BCUT2D eigenvalue weighted by molar-refractivity contribution is -0.138. The van der Waals surface area contributed by atoms with E-state index in [1.54, 1.807) is 5.38 Å². The fourth-order valence-corrected chi connectivity index (χ4v) is 3.16. The van der Waals surface area contributed by atoms with Crippen LogP contribution in [-0.2, 0) is 4.79 Å². The van der Waals surface area contributed by atoms with Gasteiger partial charge in [-0.25, -0.2) is 4.98 Å². The molecule has 1 fully saturated rings. The Bertz CT molecular complexity index is 427. The molecule has 6 heteroatoms. The maximum absolute atomic E-state index is 10.8. The van der Waals surface area contributed by atoms with E-state index in [-0.39, 0.29) is 0 Å². The Balaban J connectivity index is 1.82. The van der Waals surface area contributed by atoms with Crippen molar-refractivity contribution in [3.05, 3.63) is 11.1 Å². The molecule has 0 spiro atoms. The van der Waals surface area contributed by atoms with Gasteiger partial charge in [-0.2, -0.15) is 0 Å². The number of hydrogen-bond donors (Lipinski definition) is 3. The van der Waals surface area contributed by atoms with Crippen LogP contribution in [0.3, 0.4) is 0 Å². The second-order valence-corrected chi connectivity index (χ2v) is 6.26. The highest BCUT2D eigenvalue weighted by atomic mass is 32.1. The molecule has 1 aliphatic carbocycles. The number of nitrogens with zero attached hydrogens (tertiary/aromatic N) is 1. The van der Waals surface area contributed by atoms with Crippen molar-refractivity contribution in [2.24, 2.45) is 17.6 Å². The quantitative estimate of drug-likeness (QED) is 0.772. The standard InChI is InChI=1S/C13H21N3O2S/c1-8-2-4-9(5-3-8)6-15-13-16-10(7-19-13)11(14)12(17)18/h7-9,11H,2-6,14H2,1H3,(H,15,16)(H,17,18). The molecule has 1 aromatic heterocycles. The Kier molecular flexibility index (Phi) is 4.76. The third-order valence-corrected chi connectivity index (χ3v) is 4.60. The fraction of sp³-hybridized carbons (Fsp3) is 0.692. The van der Waals surface area contributed by atoms with E-state index in [4.69, 9.17) is 10.8 Å². The molecule has 1 saturated carbocycles. The largest absolute Gasteiger partial charge is 0.480 e. The van der Waals surface area contributed by atoms with Gasteiger partial charge in [-0.05, 0) is 24.7 Å². The van der Waals surface area contributed by atoms with Gasteiger partial charge in [0, 0.05) is 11.9 Å². The average Bonchev–Trinajstić information content (AvgIpc) is 2.86. The van der Waals surface area contributed by atoms with Crippen molar-refractivity contribution < 1.29 is 9.90 Å². The molecular weight excluding hydrogens is 262 g/mol. The Morgan fingerprint density at radius 3 is 2.89 bits per heavy atom. The van der Waals surface area contributed by atoms with E-state index in [1.165, 1.54) is 37.0 Å². The SMILES string of the molecule is CC1CCC(CNc2nc(C(N)C(=O)O)cs2)CC1. The highest BCUT2D eigenvalue weighted by Gasteiger charge is 2.20. The molecule has 1 heterocycles. The number of thiazole rings is 1. The Hall–Kier alpha value is -1.14. The number of carboxylic acid groups (broad SMARTS) is 1. The molecule has 2 rings (SSSR count). The molecule has 0 bridgehead atoms. The molecule has 1 atom stereocenters. The molecule has 0 radical (unpaired) electrons. The van der Waals surface area contributed by atoms with Crippen LogP contribution in [0.4, 0.5) is 5.13 Å². The molecule has 0 aliphatic heterocycles. The minimum Gasteiger partial charge on any atom is -0.480 e. The number of aliphatic carboxylic acids is 1. The molecule has 4 N–H and O–H groups in total. The summed E-state index contributed by atoms with van der Waals surface area (Å²) in [6.07, 6.45) is 5.14. The van der Waals surface area contributed by atoms with E-state index in [1.807, 2.05) is 0 Å². The zero-order valence-corrected chi connectivity index (χ0v) is 11.9. The molecule has 1 aliphatic rings. The van der Waals surface area contributed by atoms with Gasteiger partial charge >= 0.3 is 5.97 Å². The summed E-state index contributed by atoms with van der Waals surface area (Å²) >= 11 is 1.42. The normalized spacial score (nSPS) is 24.9. The van der Waals surface area contributed by atoms with Crippen molar-refractivity contribution in [1.29, 1.82) is 0 Å². The third kappa shape index (κ3) is 3.91. The van der Waals surface area contributed by atoms with Crippen molar-refractivity contribution in [2.45, 2.75) is 38.6 Å². The maximum atomic E-state index is 10.8. The molecule has 1 unspecified atom stereocenters. The minimum absolute atomic E-state index is 0.428. The predicted octanol–water partition coefficient (Wildman–Crippen LogP) is 2.47. The Labute approximate surface area is 117 Å². The summed E-state index contributed by atoms with van der Waals surface area (Å²) < 4.78 is 0. The summed E-state index contributed by atoms with van der Waals surface area (Å²) in [6, 6.07) is -1.03. The van der Waals surface area contributed by atoms with Crippen molar-refractivity contribution in [3.8, 4) is 0 Å². The monoisotopic (exact) mass is 283 g/mol. The molecule has 5 nitrogen and oxygen atoms in total. The van der Waals surface area contributed by atoms with E-state index in [0.717, 1.165) is 17.6 Å². The van der Waals surface area contributed by atoms with Crippen LogP contribution in [0.2, 0.25) is 0 Å². The zero-order chi connectivity index (χ0) is 13.8. The number of carboxylic acids is 1. The first-order chi connectivity index (χ1) is 9.06. The molecular formula is C13H21N3O2S. The minimum atomic E-state index is -1.04. The number of carbonyl (C=O) groups is 1. The second kappa shape index (κ2) is 6.34. The van der Waals surface area contributed by atoms with Gasteiger partial charge in [0.2, 0.25) is 0 Å². The summed E-state index contributed by atoms with van der Waals surface area (Å²) in [5.41, 5.74) is 5.95. The molecule has 19 heavy (non-hydrogen) atoms. The van der Waals surface area contributed by atoms with Crippen molar-refractivity contribution in [2.75, 3.05) is 11.9 Å². The number of nitrogens with one attached hydrogen (secondary N) is 1. The summed E-state index contributed by atoms with van der Waals surface area (Å²) in [6.45, 7) is 3.23. The second-order valence-electron chi connectivity index (χ2n) is 5.40. The fourth-order valence-electron chi connectivity index (χ4n) is 2.40. The van der Waals surface area contributed by atoms with Crippen LogP contribution in [0.25, 0.3) is 0 Å². The predicted molar refractivity (Wildman–Crippen MR) is 76.3 cm³/mol. The molecule has 0 amide bonds. The highest BCUT2D eigenvalue weighted by molar-refractivity contribution is 7.13. The summed E-state index contributed by atoms with van der Waals surface area (Å²) in [7, 11) is 0. The van der Waals surface area contributed by atoms with E-state index in [0.29, 0.717) is 11.6 Å². The van der Waals surface area contributed by atoms with Crippen LogP contribution in [0.5, 0.6) is 0 Å². The van der Waals surface area contributed by atoms with Crippen LogP contribution in [0.15, 0.2) is 5.38 Å². The topological polar surface area (TPSA) is 88.2 Å². The lowest BCUT2D eigenvalue weighted by Gasteiger charge is -2.26. The smallest absolute Gasteiger partial charge is 0.326 e. The number of hydrogen-bond acceptors (Lipinski definition) is 5. The van der Waals surface area contributed by atoms with Crippen LogP contribution in [0.1, 0.15) is 44.3 Å². The van der Waals surface area contributed by atoms with E-state index >= 15 is 0 Å². The van der Waals surface area contributed by atoms with E-state index in [2.05, 4.69) is 17.2 Å². The lowest BCUT2D eigenvalue weighted by Crippen LogP contribution is -2.21. The maximum Gasteiger partial charge on any atom is 0.326 e. The van der Waals surface area contributed by atoms with Crippen molar-refractivity contribution in [3.63, 3.8) is 0 Å². The first kappa shape index (κ1) is 14.3. The van der Waals surface area contributed by atoms with Crippen molar-refractivity contribution in [1.82, 2.24) is 4.98 Å². The van der Waals surface area contributed by atoms with Gasteiger partial charge in [0.1, 0.15) is 6.04 Å². The first-order valence-corrected chi connectivity index (χ1v) is 7.62. The number of aromatic nitrogens is 1. The summed E-state index contributed by atoms with van der Waals surface area (Å²) in [5, 5.41) is 14.6. The Morgan fingerprint density at radius 2 is 2.26 bits per heavy atom. The molecule has 0 aromatic carbocycles. The van der Waals surface area contributed by atoms with Gasteiger partial charge < -0.3 is 16.2 Å². The summed E-state index contributed by atoms with van der Waals surface area (Å²) in [4.78, 5) is 15.0. The van der Waals surface area contributed by atoms with Gasteiger partial charge in [-0.15, -0.1) is 11.3 Å². The van der Waals surface area contributed by atoms with Crippen LogP contribution in [0, 0.1) is 11.8 Å². The first-order valence-electron chi connectivity index (χ1n) is 6.74. The number of rotatable bonds is 5. The lowest BCUT2D eigenvalue weighted by atomic mass is 9.83. The van der Waals surface area contributed by atoms with Crippen molar-refractivity contribution >= 4 is 22.4 Å². The van der Waals surface area contributed by atoms with Gasteiger partial charge in [-0.1, -0.05) is 19.8 Å². The van der Waals surface area contributed by atoms with Crippen LogP contribution < -0.4 is 11.1 Å². The Morgan fingerprint density at radius 1 is 1.58 bits per heavy atom. The highest BCUT2D eigenvalue weighted by Crippen LogP contribution is 2.29. The molecule has 106 valence electrons. The van der Waals surface area contributed by atoms with E-state index < -0.39 is 12.0 Å². The number of anilines is 1. The van der Waals surface area contributed by atoms with Gasteiger partial charge in [0.25, 0.3) is 0 Å². The summed E-state index contributed by atoms with van der Waals surface area (Å²) in [5.74, 6) is 0.520. The molecule has 0 saturated heterocycles. The average molecular weight is 283 g/mol. The van der Waals surface area contributed by atoms with Crippen LogP contribution >= 0.6 is 11.3 Å². The van der Waals surface area contributed by atoms with Gasteiger partial charge in [-0.3, -0.25) is 4.79 Å². The number of nitrogens with two attached hydrogens (primary N) is 1. The zero-order valence-electron chi connectivity index (χ0n) is 11.1. The molecule has 1 aromatic rings. The van der Waals surface area contributed by atoms with Gasteiger partial charge in [0.05, 0.1) is 5.69 Å². The van der Waals surface area contributed by atoms with Crippen LogP contribution in [-0.4, -0.2) is 22.6 Å². The van der Waals surface area contributed by atoms with Gasteiger partial charge in [0.15, 0.2) is 5.13 Å². The third-order valence-electron chi connectivity index (χ3n) is 3.78. The van der Waals surface area contributed by atoms with E-state index in [9.17, 15) is 4.79 Å².